The van der Waals surface area contributed by atoms with E-state index in [4.69, 9.17) is 5.73 Å². The summed E-state index contributed by atoms with van der Waals surface area (Å²) in [6.07, 6.45) is -3.53. The van der Waals surface area contributed by atoms with Crippen molar-refractivity contribution in [2.75, 3.05) is 13.1 Å². The highest BCUT2D eigenvalue weighted by molar-refractivity contribution is 5.83. The number of amides is 2. The second-order valence-corrected chi connectivity index (χ2v) is 6.70. The number of nitrogens with zero attached hydrogens (tertiary/aromatic N) is 1. The fourth-order valence-corrected chi connectivity index (χ4v) is 3.33. The Morgan fingerprint density at radius 3 is 2.48 bits per heavy atom. The quantitative estimate of drug-likeness (QED) is 0.759. The normalized spacial score (nSPS) is 21.6. The Morgan fingerprint density at radius 1 is 1.30 bits per heavy atom. The number of hydrogen-bond acceptors (Lipinski definition) is 3. The number of rotatable bonds is 5. The van der Waals surface area contributed by atoms with Gasteiger partial charge >= 0.3 is 12.1 Å². The third-order valence-corrected chi connectivity index (χ3v) is 4.71. The molecule has 3 unspecified atom stereocenters. The predicted octanol–water partition coefficient (Wildman–Crippen LogP) is 2.32. The Balaban J connectivity index is 2.21. The van der Waals surface area contributed by atoms with Crippen LogP contribution < -0.4 is 11.1 Å². The fourth-order valence-electron chi connectivity index (χ4n) is 3.33. The van der Waals surface area contributed by atoms with Crippen molar-refractivity contribution in [1.29, 1.82) is 0 Å². The standard InChI is InChI=1S/C18H23F4N3O2/c1-2-3-14(23)16(26)25-9-8-13(11-4-6-12(19)7-5-11)15(10-25)24-17(27)18(20,21)22/h4-7,13-15H,2-3,8-10,23H2,1H3,(H,24,27). The highest BCUT2D eigenvalue weighted by Gasteiger charge is 2.43. The molecule has 2 rings (SSSR count). The van der Waals surface area contributed by atoms with Gasteiger partial charge in [-0.15, -0.1) is 0 Å². The molecule has 3 atom stereocenters. The first-order chi connectivity index (χ1) is 12.6. The zero-order chi connectivity index (χ0) is 20.2. The average molecular weight is 389 g/mol. The van der Waals surface area contributed by atoms with Crippen LogP contribution in [0, 0.1) is 5.82 Å². The number of carbonyl (C=O) groups is 2. The smallest absolute Gasteiger partial charge is 0.343 e. The van der Waals surface area contributed by atoms with Crippen LogP contribution in [0.15, 0.2) is 24.3 Å². The van der Waals surface area contributed by atoms with Crippen molar-refractivity contribution in [3.05, 3.63) is 35.6 Å². The molecule has 1 fully saturated rings. The van der Waals surface area contributed by atoms with Gasteiger partial charge in [-0.05, 0) is 30.5 Å². The molecule has 0 aliphatic carbocycles. The molecule has 9 heteroatoms. The third kappa shape index (κ3) is 5.41. The van der Waals surface area contributed by atoms with Crippen LogP contribution in [-0.4, -0.2) is 48.1 Å². The van der Waals surface area contributed by atoms with Crippen molar-refractivity contribution in [3.8, 4) is 0 Å². The van der Waals surface area contributed by atoms with Crippen LogP contribution in [0.3, 0.4) is 0 Å². The lowest BCUT2D eigenvalue weighted by Crippen LogP contribution is -2.57. The number of carbonyl (C=O) groups excluding carboxylic acids is 2. The number of benzene rings is 1. The van der Waals surface area contributed by atoms with Gasteiger partial charge in [0.2, 0.25) is 5.91 Å². The maximum Gasteiger partial charge on any atom is 0.471 e. The first-order valence-electron chi connectivity index (χ1n) is 8.81. The van der Waals surface area contributed by atoms with Crippen LogP contribution >= 0.6 is 0 Å². The van der Waals surface area contributed by atoms with Gasteiger partial charge in [0.1, 0.15) is 5.82 Å². The fraction of sp³-hybridized carbons (Fsp3) is 0.556. The largest absolute Gasteiger partial charge is 0.471 e. The summed E-state index contributed by atoms with van der Waals surface area (Å²) in [6.45, 7) is 2.09. The van der Waals surface area contributed by atoms with E-state index in [-0.39, 0.29) is 12.5 Å². The van der Waals surface area contributed by atoms with Crippen molar-refractivity contribution in [1.82, 2.24) is 10.2 Å². The topological polar surface area (TPSA) is 75.4 Å². The van der Waals surface area contributed by atoms with E-state index >= 15 is 0 Å². The minimum absolute atomic E-state index is 0.0832. The van der Waals surface area contributed by atoms with Gasteiger partial charge in [-0.3, -0.25) is 9.59 Å². The van der Waals surface area contributed by atoms with Gasteiger partial charge in [-0.2, -0.15) is 13.2 Å². The van der Waals surface area contributed by atoms with Gasteiger partial charge in [-0.25, -0.2) is 4.39 Å². The van der Waals surface area contributed by atoms with Crippen LogP contribution in [0.2, 0.25) is 0 Å². The van der Waals surface area contributed by atoms with E-state index in [1.54, 1.807) is 0 Å². The Morgan fingerprint density at radius 2 is 1.93 bits per heavy atom. The summed E-state index contributed by atoms with van der Waals surface area (Å²) in [5, 5.41) is 1.99. The summed E-state index contributed by atoms with van der Waals surface area (Å²) in [5.41, 5.74) is 6.44. The maximum absolute atomic E-state index is 13.2. The minimum Gasteiger partial charge on any atom is -0.343 e. The summed E-state index contributed by atoms with van der Waals surface area (Å²) in [5.74, 6) is -3.34. The SMILES string of the molecule is CCCC(N)C(=O)N1CCC(c2ccc(F)cc2)C(NC(=O)C(F)(F)F)C1. The van der Waals surface area contributed by atoms with Crippen LogP contribution in [0.1, 0.15) is 37.7 Å². The van der Waals surface area contributed by atoms with Crippen LogP contribution in [-0.2, 0) is 9.59 Å². The first kappa shape index (κ1) is 21.1. The van der Waals surface area contributed by atoms with Gasteiger partial charge in [0, 0.05) is 19.0 Å². The zero-order valence-electron chi connectivity index (χ0n) is 14.9. The molecule has 5 nitrogen and oxygen atoms in total. The summed E-state index contributed by atoms with van der Waals surface area (Å²) in [4.78, 5) is 25.3. The van der Waals surface area contributed by atoms with Crippen LogP contribution in [0.25, 0.3) is 0 Å². The number of nitrogens with one attached hydrogen (secondary N) is 1. The van der Waals surface area contributed by atoms with E-state index in [0.717, 1.165) is 0 Å². The average Bonchev–Trinajstić information content (AvgIpc) is 2.61. The molecule has 1 aliphatic rings. The number of halogens is 4. The Bertz CT molecular complexity index is 664. The van der Waals surface area contributed by atoms with E-state index < -0.39 is 35.9 Å². The van der Waals surface area contributed by atoms with E-state index in [9.17, 15) is 27.2 Å². The van der Waals surface area contributed by atoms with Gasteiger partial charge in [-0.1, -0.05) is 25.5 Å². The van der Waals surface area contributed by atoms with Gasteiger partial charge in [0.15, 0.2) is 0 Å². The molecule has 1 heterocycles. The molecule has 0 saturated carbocycles. The van der Waals surface area contributed by atoms with Crippen molar-refractivity contribution in [2.24, 2.45) is 5.73 Å². The Kier molecular flexibility index (Phi) is 6.80. The molecule has 0 spiro atoms. The van der Waals surface area contributed by atoms with Crippen molar-refractivity contribution in [3.63, 3.8) is 0 Å². The molecule has 0 bridgehead atoms. The Hall–Kier alpha value is -2.16. The van der Waals surface area contributed by atoms with Crippen molar-refractivity contribution in [2.45, 2.75) is 50.4 Å². The number of hydrogen-bond donors (Lipinski definition) is 2. The molecule has 1 saturated heterocycles. The summed E-state index contributed by atoms with van der Waals surface area (Å²) in [7, 11) is 0. The molecule has 1 aromatic rings. The number of likely N-dealkylation sites (tertiary alicyclic amines) is 1. The molecule has 1 aliphatic heterocycles. The molecule has 27 heavy (non-hydrogen) atoms. The lowest BCUT2D eigenvalue weighted by molar-refractivity contribution is -0.175. The van der Waals surface area contributed by atoms with E-state index in [0.29, 0.717) is 31.4 Å². The third-order valence-electron chi connectivity index (χ3n) is 4.71. The zero-order valence-corrected chi connectivity index (χ0v) is 14.9. The van der Waals surface area contributed by atoms with E-state index in [1.165, 1.54) is 29.2 Å². The van der Waals surface area contributed by atoms with E-state index in [2.05, 4.69) is 0 Å². The number of piperidine rings is 1. The van der Waals surface area contributed by atoms with Gasteiger partial charge in [0.05, 0.1) is 12.1 Å². The highest BCUT2D eigenvalue weighted by Crippen LogP contribution is 2.30. The highest BCUT2D eigenvalue weighted by atomic mass is 19.4. The summed E-state index contributed by atoms with van der Waals surface area (Å²) >= 11 is 0. The second kappa shape index (κ2) is 8.69. The van der Waals surface area contributed by atoms with E-state index in [1.807, 2.05) is 12.2 Å². The maximum atomic E-state index is 13.2. The minimum atomic E-state index is -5.03. The summed E-state index contributed by atoms with van der Waals surface area (Å²) in [6, 6.07) is 3.71. The molecular weight excluding hydrogens is 366 g/mol. The Labute approximate surface area is 154 Å². The lowest BCUT2D eigenvalue weighted by Gasteiger charge is -2.40. The molecule has 0 radical (unpaired) electrons. The van der Waals surface area contributed by atoms with Crippen LogP contribution in [0.5, 0.6) is 0 Å². The second-order valence-electron chi connectivity index (χ2n) is 6.70. The van der Waals surface area contributed by atoms with Crippen molar-refractivity contribution < 1.29 is 27.2 Å². The molecule has 150 valence electrons. The molecular formula is C18H23F4N3O2. The molecule has 0 aromatic heterocycles. The van der Waals surface area contributed by atoms with Gasteiger partial charge in [0.25, 0.3) is 0 Å². The molecule has 3 N–H and O–H groups in total. The van der Waals surface area contributed by atoms with Gasteiger partial charge < -0.3 is 16.0 Å². The lowest BCUT2D eigenvalue weighted by atomic mass is 9.85. The summed E-state index contributed by atoms with van der Waals surface area (Å²) < 4.78 is 51.3. The first-order valence-corrected chi connectivity index (χ1v) is 8.81. The monoisotopic (exact) mass is 389 g/mol. The predicted molar refractivity (Wildman–Crippen MR) is 91.2 cm³/mol. The molecule has 1 aromatic carbocycles. The number of alkyl halides is 3. The number of nitrogens with two attached hydrogens (primary N) is 1. The van der Waals surface area contributed by atoms with Crippen molar-refractivity contribution >= 4 is 11.8 Å². The van der Waals surface area contributed by atoms with Crippen LogP contribution in [0.4, 0.5) is 17.6 Å². The molecule has 2 amide bonds.